The zero-order valence-electron chi connectivity index (χ0n) is 11.3. The summed E-state index contributed by atoms with van der Waals surface area (Å²) in [6.07, 6.45) is 3.20. The first kappa shape index (κ1) is 12.4. The van der Waals surface area contributed by atoms with E-state index in [0.717, 1.165) is 25.0 Å². The van der Waals surface area contributed by atoms with Gasteiger partial charge in [-0.1, -0.05) is 39.0 Å². The van der Waals surface area contributed by atoms with Gasteiger partial charge < -0.3 is 10.5 Å². The quantitative estimate of drug-likeness (QED) is 0.871. The van der Waals surface area contributed by atoms with Crippen molar-refractivity contribution >= 4 is 0 Å². The van der Waals surface area contributed by atoms with Gasteiger partial charge in [0.1, 0.15) is 5.75 Å². The van der Waals surface area contributed by atoms with Crippen molar-refractivity contribution in [1.82, 2.24) is 0 Å². The predicted molar refractivity (Wildman–Crippen MR) is 71.6 cm³/mol. The van der Waals surface area contributed by atoms with Crippen LogP contribution in [0.15, 0.2) is 18.2 Å². The molecule has 0 heterocycles. The highest BCUT2D eigenvalue weighted by Gasteiger charge is 2.39. The molecule has 2 nitrogen and oxygen atoms in total. The second kappa shape index (κ2) is 4.02. The van der Waals surface area contributed by atoms with Gasteiger partial charge in [-0.2, -0.15) is 0 Å². The van der Waals surface area contributed by atoms with Crippen LogP contribution in [-0.2, 0) is 11.8 Å². The SMILES string of the molecule is COc1c(CC2(N)CC2)cccc1C(C)(C)C. The molecule has 0 atom stereocenters. The van der Waals surface area contributed by atoms with E-state index >= 15 is 0 Å². The lowest BCUT2D eigenvalue weighted by Crippen LogP contribution is -2.25. The average Bonchev–Trinajstić information content (AvgIpc) is 2.94. The molecule has 2 heteroatoms. The maximum Gasteiger partial charge on any atom is 0.125 e. The molecule has 1 aliphatic carbocycles. The van der Waals surface area contributed by atoms with E-state index in [4.69, 9.17) is 10.5 Å². The van der Waals surface area contributed by atoms with Crippen molar-refractivity contribution in [2.24, 2.45) is 5.73 Å². The summed E-state index contributed by atoms with van der Waals surface area (Å²) in [4.78, 5) is 0. The largest absolute Gasteiger partial charge is 0.496 e. The Morgan fingerprint density at radius 2 is 1.94 bits per heavy atom. The van der Waals surface area contributed by atoms with Gasteiger partial charge in [-0.15, -0.1) is 0 Å². The fourth-order valence-corrected chi connectivity index (χ4v) is 2.27. The Kier molecular flexibility index (Phi) is 2.94. The fraction of sp³-hybridized carbons (Fsp3) is 0.600. The Morgan fingerprint density at radius 1 is 1.29 bits per heavy atom. The number of nitrogens with two attached hydrogens (primary N) is 1. The van der Waals surface area contributed by atoms with E-state index in [1.54, 1.807) is 7.11 Å². The molecule has 17 heavy (non-hydrogen) atoms. The Morgan fingerprint density at radius 3 is 2.41 bits per heavy atom. The van der Waals surface area contributed by atoms with Crippen molar-refractivity contribution in [2.45, 2.75) is 51.0 Å². The number of benzene rings is 1. The maximum absolute atomic E-state index is 6.21. The lowest BCUT2D eigenvalue weighted by molar-refractivity contribution is 0.390. The minimum Gasteiger partial charge on any atom is -0.496 e. The third-order valence-electron chi connectivity index (χ3n) is 3.54. The molecule has 1 aromatic carbocycles. The van der Waals surface area contributed by atoms with Crippen LogP contribution < -0.4 is 10.5 Å². The van der Waals surface area contributed by atoms with Crippen LogP contribution in [0.4, 0.5) is 0 Å². The molecule has 1 aliphatic rings. The highest BCUT2D eigenvalue weighted by Crippen LogP contribution is 2.40. The van der Waals surface area contributed by atoms with E-state index in [-0.39, 0.29) is 11.0 Å². The monoisotopic (exact) mass is 233 g/mol. The zero-order chi connectivity index (χ0) is 12.7. The van der Waals surface area contributed by atoms with Crippen LogP contribution in [0, 0.1) is 0 Å². The van der Waals surface area contributed by atoms with Crippen LogP contribution in [0.3, 0.4) is 0 Å². The summed E-state index contributed by atoms with van der Waals surface area (Å²) in [7, 11) is 1.75. The summed E-state index contributed by atoms with van der Waals surface area (Å²) < 4.78 is 5.62. The molecule has 1 saturated carbocycles. The second-order valence-electron chi connectivity index (χ2n) is 6.29. The van der Waals surface area contributed by atoms with Crippen molar-refractivity contribution in [3.63, 3.8) is 0 Å². The second-order valence-corrected chi connectivity index (χ2v) is 6.29. The summed E-state index contributed by atoms with van der Waals surface area (Å²) in [5, 5.41) is 0. The number of para-hydroxylation sites is 1. The van der Waals surface area contributed by atoms with E-state index in [2.05, 4.69) is 39.0 Å². The van der Waals surface area contributed by atoms with Gasteiger partial charge in [0.2, 0.25) is 0 Å². The van der Waals surface area contributed by atoms with Gasteiger partial charge in [-0.3, -0.25) is 0 Å². The molecule has 2 rings (SSSR count). The number of hydrogen-bond donors (Lipinski definition) is 1. The summed E-state index contributed by atoms with van der Waals surface area (Å²) in [6, 6.07) is 6.41. The van der Waals surface area contributed by atoms with Crippen LogP contribution in [0.1, 0.15) is 44.7 Å². The normalized spacial score (nSPS) is 17.9. The van der Waals surface area contributed by atoms with Crippen molar-refractivity contribution < 1.29 is 4.74 Å². The first-order chi connectivity index (χ1) is 7.86. The minimum atomic E-state index is 0.0315. The molecule has 94 valence electrons. The van der Waals surface area contributed by atoms with Crippen LogP contribution in [-0.4, -0.2) is 12.6 Å². The molecule has 0 unspecified atom stereocenters. The van der Waals surface area contributed by atoms with E-state index in [0.29, 0.717) is 0 Å². The van der Waals surface area contributed by atoms with Crippen LogP contribution >= 0.6 is 0 Å². The van der Waals surface area contributed by atoms with Crippen molar-refractivity contribution in [3.05, 3.63) is 29.3 Å². The van der Waals surface area contributed by atoms with Gasteiger partial charge in [0.25, 0.3) is 0 Å². The fourth-order valence-electron chi connectivity index (χ4n) is 2.27. The van der Waals surface area contributed by atoms with E-state index in [9.17, 15) is 0 Å². The topological polar surface area (TPSA) is 35.2 Å². The standard InChI is InChI=1S/C15H23NO/c1-14(2,3)12-7-5-6-11(13(12)17-4)10-15(16)8-9-15/h5-7H,8-10,16H2,1-4H3. The third kappa shape index (κ3) is 2.63. The minimum absolute atomic E-state index is 0.0315. The molecule has 1 fully saturated rings. The number of methoxy groups -OCH3 is 1. The Labute approximate surface area is 104 Å². The summed E-state index contributed by atoms with van der Waals surface area (Å²) in [6.45, 7) is 6.64. The highest BCUT2D eigenvalue weighted by atomic mass is 16.5. The molecular formula is C15H23NO. The summed E-state index contributed by atoms with van der Waals surface area (Å²) >= 11 is 0. The van der Waals surface area contributed by atoms with Crippen LogP contribution in [0.5, 0.6) is 5.75 Å². The van der Waals surface area contributed by atoms with Crippen LogP contribution in [0.25, 0.3) is 0 Å². The molecule has 1 aromatic rings. The summed E-state index contributed by atoms with van der Waals surface area (Å²) in [5.41, 5.74) is 8.86. The molecule has 2 N–H and O–H groups in total. The Hall–Kier alpha value is -1.02. The van der Waals surface area contributed by atoms with Gasteiger partial charge in [0.15, 0.2) is 0 Å². The van der Waals surface area contributed by atoms with Gasteiger partial charge in [0, 0.05) is 5.54 Å². The third-order valence-corrected chi connectivity index (χ3v) is 3.54. The predicted octanol–water partition coefficient (Wildman–Crippen LogP) is 3.03. The summed E-state index contributed by atoms with van der Waals surface area (Å²) in [5.74, 6) is 1.02. The molecule has 0 spiro atoms. The zero-order valence-corrected chi connectivity index (χ0v) is 11.3. The molecule has 0 bridgehead atoms. The van der Waals surface area contributed by atoms with E-state index in [1.807, 2.05) is 0 Å². The number of ether oxygens (including phenoxy) is 1. The van der Waals surface area contributed by atoms with Crippen molar-refractivity contribution in [1.29, 1.82) is 0 Å². The smallest absolute Gasteiger partial charge is 0.125 e. The molecule has 0 aliphatic heterocycles. The van der Waals surface area contributed by atoms with E-state index < -0.39 is 0 Å². The van der Waals surface area contributed by atoms with Gasteiger partial charge in [-0.25, -0.2) is 0 Å². The lowest BCUT2D eigenvalue weighted by Gasteiger charge is -2.24. The lowest BCUT2D eigenvalue weighted by atomic mass is 9.84. The molecule has 0 saturated heterocycles. The Bertz CT molecular complexity index is 413. The van der Waals surface area contributed by atoms with Gasteiger partial charge in [-0.05, 0) is 35.8 Å². The average molecular weight is 233 g/mol. The molecule has 0 aromatic heterocycles. The first-order valence-electron chi connectivity index (χ1n) is 6.31. The number of rotatable bonds is 3. The Balaban J connectivity index is 2.38. The molecule has 0 radical (unpaired) electrons. The number of hydrogen-bond acceptors (Lipinski definition) is 2. The molecular weight excluding hydrogens is 210 g/mol. The molecule has 0 amide bonds. The van der Waals surface area contributed by atoms with Crippen molar-refractivity contribution in [3.8, 4) is 5.75 Å². The van der Waals surface area contributed by atoms with E-state index in [1.165, 1.54) is 11.1 Å². The van der Waals surface area contributed by atoms with Crippen molar-refractivity contribution in [2.75, 3.05) is 7.11 Å². The van der Waals surface area contributed by atoms with Gasteiger partial charge in [0.05, 0.1) is 7.11 Å². The van der Waals surface area contributed by atoms with Gasteiger partial charge >= 0.3 is 0 Å². The maximum atomic E-state index is 6.21. The van der Waals surface area contributed by atoms with Crippen LogP contribution in [0.2, 0.25) is 0 Å². The highest BCUT2D eigenvalue weighted by molar-refractivity contribution is 5.46. The first-order valence-corrected chi connectivity index (χ1v) is 6.31.